The average Bonchev–Trinajstić information content (AvgIpc) is 3.82. The molecule has 0 unspecified atom stereocenters. The van der Waals surface area contributed by atoms with Gasteiger partial charge in [0.25, 0.3) is 0 Å². The van der Waals surface area contributed by atoms with E-state index < -0.39 is 11.7 Å². The third kappa shape index (κ3) is 8.34. The van der Waals surface area contributed by atoms with Crippen LogP contribution < -0.4 is 0 Å². The second-order valence-corrected chi connectivity index (χ2v) is 20.3. The van der Waals surface area contributed by atoms with E-state index in [4.69, 9.17) is 4.98 Å². The van der Waals surface area contributed by atoms with E-state index in [0.29, 0.717) is 16.8 Å². The van der Waals surface area contributed by atoms with Crippen LogP contribution in [0.4, 0.5) is 13.2 Å². The van der Waals surface area contributed by atoms with E-state index in [9.17, 15) is 13.2 Å². The second kappa shape index (κ2) is 16.5. The molecule has 0 saturated heterocycles. The first-order valence-electron chi connectivity index (χ1n) is 21.6. The van der Waals surface area contributed by atoms with Crippen molar-refractivity contribution >= 4 is 54.0 Å². The maximum absolute atomic E-state index is 14.7. The quantitative estimate of drug-likeness (QED) is 0.155. The monoisotopic (exact) mass is 1060 g/mol. The predicted octanol–water partition coefficient (Wildman–Crippen LogP) is 16.4. The predicted molar refractivity (Wildman–Crippen MR) is 260 cm³/mol. The molecule has 0 spiro atoms. The number of pyridine rings is 2. The summed E-state index contributed by atoms with van der Waals surface area (Å²) >= 11 is 1.60. The number of fused-ring (bicyclic) bond motifs is 6. The van der Waals surface area contributed by atoms with Gasteiger partial charge in [-0.3, -0.25) is 4.98 Å². The fourth-order valence-corrected chi connectivity index (χ4v) is 10.1. The summed E-state index contributed by atoms with van der Waals surface area (Å²) in [5, 5.41) is 5.00. The van der Waals surface area contributed by atoms with Crippen LogP contribution in [0.1, 0.15) is 63.1 Å². The molecule has 4 heterocycles. The van der Waals surface area contributed by atoms with E-state index in [1.54, 1.807) is 29.5 Å². The summed E-state index contributed by atoms with van der Waals surface area (Å²) in [5.41, 5.74) is 9.23. The van der Waals surface area contributed by atoms with Crippen molar-refractivity contribution in [1.29, 1.82) is 0 Å². The molecule has 4 aromatic heterocycles. The molecule has 0 saturated carbocycles. The molecule has 0 aliphatic carbocycles. The molecule has 0 bridgehead atoms. The standard InChI is InChI=1S/C57H46F3N3S.Pt/c1-34-27-47-42-13-10-12-41(46(42)30-48(54(47)64-34)50-31-45(49(33-62-50)57(58,59)60)37-17-15-35(16-18-37)32-55(2,3)4)39-21-24-44-43-11-8-9-14-51(43)63(52(44)28-39)53-29-38(25-26-61-53)36-19-22-40(23-20-36)56(5,6)7;/h8-27,29,31,33H,32H2,1-7H3;/q-2;+2. The minimum Gasteiger partial charge on any atom is -0.313 e. The van der Waals surface area contributed by atoms with Gasteiger partial charge in [-0.25, -0.2) is 4.98 Å². The van der Waals surface area contributed by atoms with Crippen molar-refractivity contribution in [1.82, 2.24) is 14.5 Å². The smallest absolute Gasteiger partial charge is 0.313 e. The zero-order valence-corrected chi connectivity index (χ0v) is 40.3. The first-order chi connectivity index (χ1) is 30.5. The minimum absolute atomic E-state index is 0. The van der Waals surface area contributed by atoms with Crippen molar-refractivity contribution < 1.29 is 34.2 Å². The molecule has 0 aliphatic rings. The summed E-state index contributed by atoms with van der Waals surface area (Å²) in [5.74, 6) is 0.784. The number of thiophene rings is 1. The van der Waals surface area contributed by atoms with Gasteiger partial charge < -0.3 is 4.57 Å². The van der Waals surface area contributed by atoms with Gasteiger partial charge in [-0.1, -0.05) is 160 Å². The molecule has 6 aromatic carbocycles. The Morgan fingerprint density at radius 3 is 2.09 bits per heavy atom. The van der Waals surface area contributed by atoms with Crippen LogP contribution in [0.3, 0.4) is 0 Å². The molecule has 0 radical (unpaired) electrons. The van der Waals surface area contributed by atoms with Gasteiger partial charge in [-0.05, 0) is 96.2 Å². The van der Waals surface area contributed by atoms with Crippen LogP contribution in [0.15, 0.2) is 140 Å². The SMILES string of the molecule is Cc1cc2c(s1)c(-c1cc(-c3ccc(CC(C)(C)C)cc3)c(C(F)(F)F)cn1)[c-]c1c(-c3[c-]c4c(cc3)c3ccccc3n4-c3cc(-c4ccc(C(C)(C)C)cc4)ccn3)cccc12.[Pt+2]. The second-order valence-electron chi connectivity index (χ2n) is 19.1. The number of para-hydroxylation sites is 1. The maximum atomic E-state index is 14.7. The molecule has 10 rings (SSSR count). The first kappa shape index (κ1) is 44.3. The normalized spacial score (nSPS) is 12.4. The fourth-order valence-electron chi connectivity index (χ4n) is 9.04. The van der Waals surface area contributed by atoms with Gasteiger partial charge in [-0.15, -0.1) is 40.8 Å². The molecule has 8 heteroatoms. The molecule has 0 fully saturated rings. The number of alkyl halides is 3. The number of halogens is 3. The van der Waals surface area contributed by atoms with Crippen molar-refractivity contribution in [3.8, 4) is 50.5 Å². The number of nitrogens with zero attached hydrogens (tertiary/aromatic N) is 3. The molecule has 0 N–H and O–H groups in total. The Kier molecular flexibility index (Phi) is 11.3. The van der Waals surface area contributed by atoms with Crippen LogP contribution >= 0.6 is 11.3 Å². The number of aryl methyl sites for hydroxylation is 1. The largest absolute Gasteiger partial charge is 2.00 e. The maximum Gasteiger partial charge on any atom is 2.00 e. The number of hydrogen-bond acceptors (Lipinski definition) is 3. The van der Waals surface area contributed by atoms with Crippen molar-refractivity contribution in [3.63, 3.8) is 0 Å². The van der Waals surface area contributed by atoms with Crippen LogP contribution in [-0.4, -0.2) is 14.5 Å². The Morgan fingerprint density at radius 1 is 0.646 bits per heavy atom. The van der Waals surface area contributed by atoms with Crippen LogP contribution in [0, 0.1) is 24.5 Å². The molecule has 10 aromatic rings. The molecular formula is C57H46F3N3PtS. The summed E-state index contributed by atoms with van der Waals surface area (Å²) < 4.78 is 47.2. The van der Waals surface area contributed by atoms with Crippen molar-refractivity contribution in [2.24, 2.45) is 5.41 Å². The Hall–Kier alpha value is -5.88. The summed E-state index contributed by atoms with van der Waals surface area (Å²) in [6, 6.07) is 50.5. The van der Waals surface area contributed by atoms with Crippen LogP contribution in [0.25, 0.3) is 93.1 Å². The van der Waals surface area contributed by atoms with E-state index in [-0.39, 0.29) is 37.5 Å². The Bertz CT molecular complexity index is 3420. The molecular weight excluding hydrogens is 1010 g/mol. The third-order valence-electron chi connectivity index (χ3n) is 12.1. The van der Waals surface area contributed by atoms with E-state index >= 15 is 0 Å². The van der Waals surface area contributed by atoms with Gasteiger partial charge in [-0.2, -0.15) is 24.5 Å². The molecule has 3 nitrogen and oxygen atoms in total. The Balaban J connectivity index is 0.00000533. The number of benzene rings is 6. The first-order valence-corrected chi connectivity index (χ1v) is 22.4. The summed E-state index contributed by atoms with van der Waals surface area (Å²) in [6.45, 7) is 15.2. The van der Waals surface area contributed by atoms with Gasteiger partial charge in [0.1, 0.15) is 5.82 Å². The van der Waals surface area contributed by atoms with Crippen molar-refractivity contribution in [3.05, 3.63) is 173 Å². The van der Waals surface area contributed by atoms with Gasteiger partial charge in [0.05, 0.1) is 5.56 Å². The number of rotatable bonds is 6. The van der Waals surface area contributed by atoms with Crippen molar-refractivity contribution in [2.75, 3.05) is 0 Å². The van der Waals surface area contributed by atoms with Gasteiger partial charge in [0.2, 0.25) is 0 Å². The van der Waals surface area contributed by atoms with Gasteiger partial charge in [0, 0.05) is 23.6 Å². The van der Waals surface area contributed by atoms with Crippen LogP contribution in [-0.2, 0) is 39.1 Å². The topological polar surface area (TPSA) is 30.7 Å². The molecule has 0 atom stereocenters. The summed E-state index contributed by atoms with van der Waals surface area (Å²) in [7, 11) is 0. The third-order valence-corrected chi connectivity index (χ3v) is 13.2. The van der Waals surface area contributed by atoms with E-state index in [1.807, 2.05) is 30.5 Å². The number of aromatic nitrogens is 3. The summed E-state index contributed by atoms with van der Waals surface area (Å²) in [6.07, 6.45) is -0.931. The van der Waals surface area contributed by atoms with Crippen LogP contribution in [0.5, 0.6) is 0 Å². The Morgan fingerprint density at radius 2 is 1.37 bits per heavy atom. The minimum atomic E-state index is -4.59. The zero-order chi connectivity index (χ0) is 44.7. The van der Waals surface area contributed by atoms with Gasteiger partial charge in [0.15, 0.2) is 0 Å². The van der Waals surface area contributed by atoms with E-state index in [0.717, 1.165) is 93.8 Å². The van der Waals surface area contributed by atoms with E-state index in [1.165, 1.54) is 5.56 Å². The molecule has 326 valence electrons. The molecule has 0 amide bonds. The number of hydrogen-bond donors (Lipinski definition) is 0. The Labute approximate surface area is 396 Å². The zero-order valence-electron chi connectivity index (χ0n) is 37.2. The average molecular weight is 1060 g/mol. The summed E-state index contributed by atoms with van der Waals surface area (Å²) in [4.78, 5) is 10.5. The fraction of sp³-hybridized carbons (Fsp3) is 0.193. The molecule has 65 heavy (non-hydrogen) atoms. The van der Waals surface area contributed by atoms with Gasteiger partial charge >= 0.3 is 27.2 Å². The van der Waals surface area contributed by atoms with Crippen LogP contribution in [0.2, 0.25) is 0 Å². The molecule has 0 aliphatic heterocycles. The van der Waals surface area contributed by atoms with Crippen molar-refractivity contribution in [2.45, 2.75) is 66.5 Å². The van der Waals surface area contributed by atoms with E-state index in [2.05, 4.69) is 155 Å².